The lowest BCUT2D eigenvalue weighted by atomic mass is 9.82. The summed E-state index contributed by atoms with van der Waals surface area (Å²) < 4.78 is 17.0. The molecule has 0 bridgehead atoms. The highest BCUT2D eigenvalue weighted by Gasteiger charge is 2.34. The lowest BCUT2D eigenvalue weighted by Gasteiger charge is -2.29. The van der Waals surface area contributed by atoms with Gasteiger partial charge in [0.25, 0.3) is 0 Å². The minimum Gasteiger partial charge on any atom is -0.507 e. The number of carbonyl (C=O) groups is 2. The standard InChI is InChI=1S/C24H28N2O6/c27-20-6-2-4-18-22(20)24(29)21-17(23(18)28)3-1-5-19(21)26-9-13-30-11-7-25-8-12-31-15-16-32-14-10-26/h1-6,25,27H,7-16H2. The van der Waals surface area contributed by atoms with Gasteiger partial charge in [-0.1, -0.05) is 24.3 Å². The number of aromatic hydroxyl groups is 1. The molecule has 170 valence electrons. The van der Waals surface area contributed by atoms with E-state index in [9.17, 15) is 14.7 Å². The Morgan fingerprint density at radius 1 is 0.719 bits per heavy atom. The second kappa shape index (κ2) is 10.7. The van der Waals surface area contributed by atoms with Gasteiger partial charge in [0.1, 0.15) is 5.75 Å². The first kappa shape index (κ1) is 22.4. The number of anilines is 1. The molecule has 2 aliphatic rings. The first-order chi connectivity index (χ1) is 15.7. The minimum absolute atomic E-state index is 0.0616. The smallest absolute Gasteiger partial charge is 0.200 e. The van der Waals surface area contributed by atoms with E-state index in [0.29, 0.717) is 69.5 Å². The van der Waals surface area contributed by atoms with Crippen LogP contribution >= 0.6 is 0 Å². The summed E-state index contributed by atoms with van der Waals surface area (Å²) in [6, 6.07) is 9.85. The molecule has 0 saturated carbocycles. The summed E-state index contributed by atoms with van der Waals surface area (Å²) in [6.45, 7) is 5.63. The normalized spacial score (nSPS) is 18.9. The predicted octanol–water partition coefficient (Wildman–Crippen LogP) is 1.63. The van der Waals surface area contributed by atoms with Crippen LogP contribution in [0.5, 0.6) is 5.75 Å². The largest absolute Gasteiger partial charge is 0.507 e. The number of nitrogens with zero attached hydrogens (tertiary/aromatic N) is 1. The molecule has 32 heavy (non-hydrogen) atoms. The number of benzene rings is 2. The van der Waals surface area contributed by atoms with Crippen molar-refractivity contribution in [3.8, 4) is 5.75 Å². The Morgan fingerprint density at radius 3 is 2.03 bits per heavy atom. The molecule has 2 aromatic rings. The van der Waals surface area contributed by atoms with Gasteiger partial charge in [-0.3, -0.25) is 9.59 Å². The zero-order valence-electron chi connectivity index (χ0n) is 18.0. The van der Waals surface area contributed by atoms with Crippen molar-refractivity contribution in [1.29, 1.82) is 0 Å². The second-order valence-corrected chi connectivity index (χ2v) is 7.63. The Labute approximate surface area is 187 Å². The first-order valence-corrected chi connectivity index (χ1v) is 10.9. The van der Waals surface area contributed by atoms with Crippen LogP contribution in [0.3, 0.4) is 0 Å². The monoisotopic (exact) mass is 440 g/mol. The van der Waals surface area contributed by atoms with Gasteiger partial charge in [0, 0.05) is 43.0 Å². The molecule has 0 aromatic heterocycles. The van der Waals surface area contributed by atoms with E-state index in [4.69, 9.17) is 14.2 Å². The van der Waals surface area contributed by atoms with Crippen LogP contribution in [0.1, 0.15) is 31.8 Å². The molecular formula is C24H28N2O6. The van der Waals surface area contributed by atoms with Crippen LogP contribution in [0, 0.1) is 0 Å². The molecular weight excluding hydrogens is 412 g/mol. The number of phenolic OH excluding ortho intramolecular Hbond substituents is 1. The molecule has 0 amide bonds. The van der Waals surface area contributed by atoms with Crippen molar-refractivity contribution < 1.29 is 28.9 Å². The van der Waals surface area contributed by atoms with Gasteiger partial charge in [-0.25, -0.2) is 0 Å². The van der Waals surface area contributed by atoms with E-state index in [2.05, 4.69) is 5.32 Å². The van der Waals surface area contributed by atoms with Crippen molar-refractivity contribution in [3.63, 3.8) is 0 Å². The molecule has 8 heteroatoms. The number of rotatable bonds is 1. The van der Waals surface area contributed by atoms with Gasteiger partial charge in [0.05, 0.1) is 50.8 Å². The summed E-state index contributed by atoms with van der Waals surface area (Å²) in [5.41, 5.74) is 1.60. The van der Waals surface area contributed by atoms with E-state index in [1.807, 2.05) is 11.0 Å². The summed E-state index contributed by atoms with van der Waals surface area (Å²) in [4.78, 5) is 28.5. The topological polar surface area (TPSA) is 97.3 Å². The zero-order chi connectivity index (χ0) is 22.3. The SMILES string of the molecule is O=C1c2cccc(O)c2C(=O)c2c1cccc2N1CCOCCNCCOCCOCC1. The number of hydrogen-bond donors (Lipinski definition) is 2. The number of ketones is 2. The van der Waals surface area contributed by atoms with Gasteiger partial charge in [-0.15, -0.1) is 0 Å². The minimum atomic E-state index is -0.348. The molecule has 2 N–H and O–H groups in total. The predicted molar refractivity (Wildman–Crippen MR) is 119 cm³/mol. The lowest BCUT2D eigenvalue weighted by molar-refractivity contribution is 0.0516. The van der Waals surface area contributed by atoms with Gasteiger partial charge in [-0.05, 0) is 12.1 Å². The van der Waals surface area contributed by atoms with Gasteiger partial charge in [-0.2, -0.15) is 0 Å². The molecule has 1 heterocycles. The van der Waals surface area contributed by atoms with E-state index in [-0.39, 0.29) is 28.4 Å². The first-order valence-electron chi connectivity index (χ1n) is 10.9. The zero-order valence-corrected chi connectivity index (χ0v) is 18.0. The van der Waals surface area contributed by atoms with Crippen molar-refractivity contribution in [2.45, 2.75) is 0 Å². The van der Waals surface area contributed by atoms with Gasteiger partial charge >= 0.3 is 0 Å². The number of hydrogen-bond acceptors (Lipinski definition) is 8. The Hall–Kier alpha value is -2.78. The molecule has 1 fully saturated rings. The summed E-state index contributed by atoms with van der Waals surface area (Å²) in [7, 11) is 0. The molecule has 0 unspecified atom stereocenters. The quantitative estimate of drug-likeness (QED) is 0.589. The maximum atomic E-state index is 13.4. The van der Waals surface area contributed by atoms with Gasteiger partial charge in [0.2, 0.25) is 0 Å². The van der Waals surface area contributed by atoms with Crippen molar-refractivity contribution in [1.82, 2.24) is 5.32 Å². The van der Waals surface area contributed by atoms with Crippen LogP contribution in [-0.2, 0) is 14.2 Å². The van der Waals surface area contributed by atoms with E-state index in [1.165, 1.54) is 6.07 Å². The van der Waals surface area contributed by atoms with Crippen LogP contribution in [0.25, 0.3) is 0 Å². The lowest BCUT2D eigenvalue weighted by Crippen LogP contribution is -2.34. The Kier molecular flexibility index (Phi) is 7.49. The van der Waals surface area contributed by atoms with E-state index >= 15 is 0 Å². The fourth-order valence-corrected chi connectivity index (χ4v) is 4.01. The third kappa shape index (κ3) is 4.83. The second-order valence-electron chi connectivity index (χ2n) is 7.63. The number of nitrogens with one attached hydrogen (secondary N) is 1. The fraction of sp³-hybridized carbons (Fsp3) is 0.417. The Morgan fingerprint density at radius 2 is 1.31 bits per heavy atom. The van der Waals surface area contributed by atoms with E-state index < -0.39 is 0 Å². The maximum absolute atomic E-state index is 13.4. The van der Waals surface area contributed by atoms with E-state index in [0.717, 1.165) is 13.1 Å². The Bertz CT molecular complexity index is 961. The number of carbonyl (C=O) groups excluding carboxylic acids is 2. The van der Waals surface area contributed by atoms with Crippen LogP contribution in [0.2, 0.25) is 0 Å². The molecule has 1 aliphatic carbocycles. The molecule has 0 radical (unpaired) electrons. The van der Waals surface area contributed by atoms with E-state index in [1.54, 1.807) is 24.3 Å². The van der Waals surface area contributed by atoms with Crippen LogP contribution in [0.4, 0.5) is 5.69 Å². The number of ether oxygens (including phenoxy) is 3. The van der Waals surface area contributed by atoms with Crippen molar-refractivity contribution in [3.05, 3.63) is 58.7 Å². The molecule has 0 spiro atoms. The highest BCUT2D eigenvalue weighted by molar-refractivity contribution is 6.31. The molecule has 8 nitrogen and oxygen atoms in total. The number of phenols is 1. The molecule has 0 atom stereocenters. The third-order valence-electron chi connectivity index (χ3n) is 5.60. The fourth-order valence-electron chi connectivity index (χ4n) is 4.01. The summed E-state index contributed by atoms with van der Waals surface area (Å²) in [5, 5.41) is 13.6. The summed E-state index contributed by atoms with van der Waals surface area (Å²) >= 11 is 0. The average molecular weight is 440 g/mol. The summed E-state index contributed by atoms with van der Waals surface area (Å²) in [5.74, 6) is -0.794. The van der Waals surface area contributed by atoms with Crippen molar-refractivity contribution in [2.75, 3.05) is 70.7 Å². The molecule has 4 rings (SSSR count). The van der Waals surface area contributed by atoms with Crippen LogP contribution in [-0.4, -0.2) is 82.5 Å². The highest BCUT2D eigenvalue weighted by atomic mass is 16.5. The van der Waals surface area contributed by atoms with Gasteiger partial charge < -0.3 is 29.5 Å². The average Bonchev–Trinajstić information content (AvgIpc) is 2.81. The Balaban J connectivity index is 1.62. The van der Waals surface area contributed by atoms with Crippen LogP contribution in [0.15, 0.2) is 36.4 Å². The molecule has 1 aliphatic heterocycles. The molecule has 1 saturated heterocycles. The van der Waals surface area contributed by atoms with Crippen LogP contribution < -0.4 is 10.2 Å². The highest BCUT2D eigenvalue weighted by Crippen LogP contribution is 2.37. The van der Waals surface area contributed by atoms with Crippen molar-refractivity contribution in [2.24, 2.45) is 0 Å². The van der Waals surface area contributed by atoms with Crippen molar-refractivity contribution >= 4 is 17.3 Å². The molecule has 2 aromatic carbocycles. The third-order valence-corrected chi connectivity index (χ3v) is 5.60. The van der Waals surface area contributed by atoms with Gasteiger partial charge in [0.15, 0.2) is 11.6 Å². The number of fused-ring (bicyclic) bond motifs is 2. The summed E-state index contributed by atoms with van der Waals surface area (Å²) in [6.07, 6.45) is 0. The maximum Gasteiger partial charge on any atom is 0.200 e.